The minimum absolute atomic E-state index is 0.0231. The number of hydrogen-bond acceptors (Lipinski definition) is 12. The number of hydrogen-bond donors (Lipinski definition) is 12. The fourth-order valence-electron chi connectivity index (χ4n) is 5.68. The van der Waals surface area contributed by atoms with E-state index in [4.69, 9.17) is 22.9 Å². The quantitative estimate of drug-likeness (QED) is 0.0272. The number of nitrogens with one attached hydrogen (secondary N) is 6. The van der Waals surface area contributed by atoms with Crippen molar-refractivity contribution < 1.29 is 39.0 Å². The van der Waals surface area contributed by atoms with Crippen LogP contribution in [0.4, 0.5) is 0 Å². The SMILES string of the molecule is CSCC[C@H](NC(=O)[C@@H](NC(=O)[C@H](Cc1cnc[nH]1)NC(=O)[C@H](Cc1ccc(O)cc1)NC(=O)[C@H](CCCCN)NC(=O)[C@@H](N)CCCN=C(N)N)C(C)C)C(=O)O. The number of benzene rings is 1. The summed E-state index contributed by atoms with van der Waals surface area (Å²) in [5, 5.41) is 32.8. The molecule has 0 fully saturated rings. The molecule has 1 aromatic heterocycles. The van der Waals surface area contributed by atoms with Crippen LogP contribution in [0.5, 0.6) is 5.75 Å². The average Bonchev–Trinajstić information content (AvgIpc) is 3.69. The van der Waals surface area contributed by atoms with Gasteiger partial charge in [-0.15, -0.1) is 0 Å². The second-order valence-corrected chi connectivity index (χ2v) is 15.1. The molecule has 0 bridgehead atoms. The molecule has 0 unspecified atom stereocenters. The van der Waals surface area contributed by atoms with E-state index in [9.17, 15) is 39.0 Å². The molecule has 0 saturated heterocycles. The number of amides is 5. The van der Waals surface area contributed by atoms with Gasteiger partial charge in [0.25, 0.3) is 0 Å². The van der Waals surface area contributed by atoms with Crippen LogP contribution in [0.1, 0.15) is 63.6 Å². The first-order valence-electron chi connectivity index (χ1n) is 19.1. The summed E-state index contributed by atoms with van der Waals surface area (Å²) >= 11 is 1.42. The van der Waals surface area contributed by atoms with E-state index in [0.717, 1.165) is 0 Å². The normalized spacial score (nSPS) is 14.2. The lowest BCUT2D eigenvalue weighted by molar-refractivity contribution is -0.142. The fourth-order valence-corrected chi connectivity index (χ4v) is 6.15. The van der Waals surface area contributed by atoms with Crippen LogP contribution in [-0.2, 0) is 41.6 Å². The summed E-state index contributed by atoms with van der Waals surface area (Å²) in [6, 6.07) is -1.13. The third-order valence-electron chi connectivity index (χ3n) is 8.98. The van der Waals surface area contributed by atoms with Crippen molar-refractivity contribution in [3.63, 3.8) is 0 Å². The molecule has 21 heteroatoms. The number of nitrogens with two attached hydrogens (primary N) is 4. The standard InChI is InChI=1S/C37H60N12O8S/c1-21(2)30(35(55)46-27(36(56)57)13-16-58-3)49-34(54)29(18-23-19-42-20-44-23)48-33(53)28(17-22-9-11-24(50)12-10-22)47-32(52)26(8-4-5-14-38)45-31(51)25(39)7-6-15-43-37(40)41/h9-12,19-21,25-30,50H,4-8,13-18,38-39H2,1-3H3,(H,42,44)(H,45,51)(H,46,55)(H,47,52)(H,48,53)(H,49,54)(H,56,57)(H4,40,41,43)/t25-,26-,27-,28-,29-,30-/m0/s1. The zero-order valence-corrected chi connectivity index (χ0v) is 34.1. The summed E-state index contributed by atoms with van der Waals surface area (Å²) in [5.74, 6) is -4.89. The highest BCUT2D eigenvalue weighted by atomic mass is 32.2. The topological polar surface area (TPSA) is 348 Å². The predicted octanol–water partition coefficient (Wildman–Crippen LogP) is -1.67. The first-order chi connectivity index (χ1) is 27.6. The van der Waals surface area contributed by atoms with Crippen molar-refractivity contribution in [3.8, 4) is 5.75 Å². The smallest absolute Gasteiger partial charge is 0.326 e. The first kappa shape index (κ1) is 48.7. The summed E-state index contributed by atoms with van der Waals surface area (Å²) in [6.45, 7) is 3.95. The second kappa shape index (κ2) is 25.8. The highest BCUT2D eigenvalue weighted by molar-refractivity contribution is 7.98. The summed E-state index contributed by atoms with van der Waals surface area (Å²) in [6.07, 6.45) is 6.45. The van der Waals surface area contributed by atoms with Crippen LogP contribution in [-0.4, -0.2) is 123 Å². The van der Waals surface area contributed by atoms with Crippen molar-refractivity contribution >= 4 is 53.2 Å². The van der Waals surface area contributed by atoms with E-state index < -0.39 is 77.7 Å². The van der Waals surface area contributed by atoms with Gasteiger partial charge in [0.1, 0.15) is 36.0 Å². The van der Waals surface area contributed by atoms with E-state index in [0.29, 0.717) is 42.8 Å². The predicted molar refractivity (Wildman–Crippen MR) is 220 cm³/mol. The number of aromatic nitrogens is 2. The minimum atomic E-state index is -1.31. The lowest BCUT2D eigenvalue weighted by Crippen LogP contribution is -2.60. The van der Waals surface area contributed by atoms with Gasteiger partial charge in [-0.25, -0.2) is 9.78 Å². The summed E-state index contributed by atoms with van der Waals surface area (Å²) in [5.41, 5.74) is 23.5. The Kier molecular flexibility index (Phi) is 21.6. The number of unbranched alkanes of at least 4 members (excludes halogenated alkanes) is 1. The number of carboxylic acid groups (broad SMARTS) is 1. The molecule has 2 rings (SSSR count). The lowest BCUT2D eigenvalue weighted by atomic mass is 10.0. The molecule has 5 amide bonds. The van der Waals surface area contributed by atoms with Crippen LogP contribution in [0.25, 0.3) is 0 Å². The number of nitrogens with zero attached hydrogens (tertiary/aromatic N) is 2. The molecular formula is C37H60N12O8S. The Morgan fingerprint density at radius 2 is 1.40 bits per heavy atom. The number of aromatic amines is 1. The van der Waals surface area contributed by atoms with Crippen LogP contribution in [0.2, 0.25) is 0 Å². The largest absolute Gasteiger partial charge is 0.508 e. The van der Waals surface area contributed by atoms with Crippen molar-refractivity contribution in [2.75, 3.05) is 25.1 Å². The molecule has 0 aliphatic carbocycles. The Bertz CT molecular complexity index is 1640. The zero-order valence-electron chi connectivity index (χ0n) is 33.2. The van der Waals surface area contributed by atoms with Crippen LogP contribution in [0.3, 0.4) is 0 Å². The Morgan fingerprint density at radius 1 is 0.793 bits per heavy atom. The number of carbonyl (C=O) groups excluding carboxylic acids is 5. The first-order valence-corrected chi connectivity index (χ1v) is 20.4. The van der Waals surface area contributed by atoms with Gasteiger partial charge in [-0.1, -0.05) is 26.0 Å². The molecule has 0 spiro atoms. The van der Waals surface area contributed by atoms with Gasteiger partial charge >= 0.3 is 5.97 Å². The van der Waals surface area contributed by atoms with E-state index in [-0.39, 0.29) is 50.4 Å². The van der Waals surface area contributed by atoms with E-state index in [1.807, 2.05) is 6.26 Å². The number of guanidine groups is 1. The van der Waals surface area contributed by atoms with Gasteiger partial charge < -0.3 is 64.7 Å². The summed E-state index contributed by atoms with van der Waals surface area (Å²) < 4.78 is 0. The third-order valence-corrected chi connectivity index (χ3v) is 9.62. The van der Waals surface area contributed by atoms with Crippen LogP contribution < -0.4 is 49.5 Å². The number of phenolic OH excluding ortho intramolecular Hbond substituents is 1. The highest BCUT2D eigenvalue weighted by Gasteiger charge is 2.34. The fraction of sp³-hybridized carbons (Fsp3) is 0.568. The number of aliphatic imine (C=N–C) groups is 1. The van der Waals surface area contributed by atoms with Crippen molar-refractivity contribution in [1.82, 2.24) is 36.6 Å². The number of H-pyrrole nitrogens is 1. The van der Waals surface area contributed by atoms with Gasteiger partial charge in [-0.3, -0.25) is 29.0 Å². The van der Waals surface area contributed by atoms with E-state index >= 15 is 0 Å². The molecule has 2 aromatic rings. The van der Waals surface area contributed by atoms with E-state index in [1.54, 1.807) is 26.0 Å². The average molecular weight is 833 g/mol. The molecule has 0 radical (unpaired) electrons. The maximum Gasteiger partial charge on any atom is 0.326 e. The molecule has 0 saturated carbocycles. The number of carbonyl (C=O) groups is 6. The number of rotatable bonds is 27. The number of carboxylic acids is 1. The van der Waals surface area contributed by atoms with Gasteiger partial charge in [-0.2, -0.15) is 11.8 Å². The monoisotopic (exact) mass is 832 g/mol. The van der Waals surface area contributed by atoms with Crippen molar-refractivity contribution in [2.45, 2.75) is 101 Å². The van der Waals surface area contributed by atoms with Crippen LogP contribution in [0, 0.1) is 5.92 Å². The molecule has 322 valence electrons. The molecule has 20 nitrogen and oxygen atoms in total. The molecule has 16 N–H and O–H groups in total. The molecular weight excluding hydrogens is 773 g/mol. The number of phenols is 1. The molecule has 0 aliphatic rings. The highest BCUT2D eigenvalue weighted by Crippen LogP contribution is 2.14. The Balaban J connectivity index is 2.39. The molecule has 58 heavy (non-hydrogen) atoms. The van der Waals surface area contributed by atoms with Gasteiger partial charge in [-0.05, 0) is 80.7 Å². The Morgan fingerprint density at radius 3 is 1.97 bits per heavy atom. The minimum Gasteiger partial charge on any atom is -0.508 e. The molecule has 1 heterocycles. The van der Waals surface area contributed by atoms with Crippen molar-refractivity contribution in [1.29, 1.82) is 0 Å². The third kappa shape index (κ3) is 17.8. The van der Waals surface area contributed by atoms with E-state index in [2.05, 4.69) is 41.5 Å². The summed E-state index contributed by atoms with van der Waals surface area (Å²) in [4.78, 5) is 91.2. The lowest BCUT2D eigenvalue weighted by Gasteiger charge is -2.28. The molecule has 0 aliphatic heterocycles. The van der Waals surface area contributed by atoms with Crippen molar-refractivity contribution in [3.05, 3.63) is 48.0 Å². The number of aliphatic carboxylic acids is 1. The van der Waals surface area contributed by atoms with Crippen LogP contribution >= 0.6 is 11.8 Å². The van der Waals surface area contributed by atoms with Gasteiger partial charge in [0, 0.05) is 31.3 Å². The maximum absolute atomic E-state index is 14.2. The Hall–Kier alpha value is -5.41. The van der Waals surface area contributed by atoms with Gasteiger partial charge in [0.15, 0.2) is 5.96 Å². The molecule has 1 aromatic carbocycles. The number of imidazole rings is 1. The van der Waals surface area contributed by atoms with Crippen LogP contribution in [0.15, 0.2) is 41.8 Å². The molecule has 6 atom stereocenters. The maximum atomic E-state index is 14.2. The summed E-state index contributed by atoms with van der Waals surface area (Å²) in [7, 11) is 0. The van der Waals surface area contributed by atoms with Gasteiger partial charge in [0.2, 0.25) is 29.5 Å². The zero-order chi connectivity index (χ0) is 43.2. The second-order valence-electron chi connectivity index (χ2n) is 14.1. The number of thioether (sulfide) groups is 1. The number of aromatic hydroxyl groups is 1. The van der Waals surface area contributed by atoms with Gasteiger partial charge in [0.05, 0.1) is 12.4 Å². The Labute approximate surface area is 342 Å². The van der Waals surface area contributed by atoms with E-state index in [1.165, 1.54) is 36.4 Å². The van der Waals surface area contributed by atoms with Crippen molar-refractivity contribution in [2.24, 2.45) is 33.8 Å².